The fraction of sp³-hybridized carbons (Fsp3) is 0.250. The number of carbonyl (C=O) groups excluding carboxylic acids is 2. The summed E-state index contributed by atoms with van der Waals surface area (Å²) < 4.78 is 10.6. The molecule has 44 heavy (non-hydrogen) atoms. The second-order valence-electron chi connectivity index (χ2n) is 12.0. The van der Waals surface area contributed by atoms with Gasteiger partial charge in [-0.15, -0.1) is 0 Å². The maximum atomic E-state index is 12.0. The third kappa shape index (κ3) is 7.85. The number of benzene rings is 3. The van der Waals surface area contributed by atoms with Gasteiger partial charge in [0.1, 0.15) is 11.2 Å². The van der Waals surface area contributed by atoms with E-state index in [-0.39, 0.29) is 0 Å². The van der Waals surface area contributed by atoms with Crippen molar-refractivity contribution in [2.24, 2.45) is 0 Å². The smallest absolute Gasteiger partial charge is 0.412 e. The number of hydrogen-bond acceptors (Lipinski definition) is 8. The first-order valence-corrected chi connectivity index (χ1v) is 14.0. The number of nitrogens with one attached hydrogen (secondary N) is 4. The number of nitrogens with zero attached hydrogens (tertiary/aromatic N) is 4. The highest BCUT2D eigenvalue weighted by Crippen LogP contribution is 2.27. The summed E-state index contributed by atoms with van der Waals surface area (Å²) in [5.41, 5.74) is 3.24. The van der Waals surface area contributed by atoms with Crippen LogP contribution in [-0.4, -0.2) is 53.8 Å². The normalized spacial score (nSPS) is 11.6. The Hall–Kier alpha value is -5.52. The summed E-state index contributed by atoms with van der Waals surface area (Å²) in [5.74, 6) is 2.20. The van der Waals surface area contributed by atoms with Crippen LogP contribution in [0.2, 0.25) is 0 Å². The Morgan fingerprint density at radius 1 is 0.591 bits per heavy atom. The SMILES string of the molecule is CC(C)(C)OC(=O)Nc1ccc(-c2nc(-c3cccc(-c4n[nH]c(-c5ccc(NC(=O)OC(C)(C)C)cc5)n4)c3)n[nH]2)cc1. The number of anilines is 2. The quantitative estimate of drug-likeness (QED) is 0.159. The van der Waals surface area contributed by atoms with Gasteiger partial charge < -0.3 is 9.47 Å². The molecule has 0 bridgehead atoms. The number of amides is 2. The second-order valence-corrected chi connectivity index (χ2v) is 12.0. The van der Waals surface area contributed by atoms with Crippen molar-refractivity contribution in [1.29, 1.82) is 0 Å². The highest BCUT2D eigenvalue weighted by Gasteiger charge is 2.18. The van der Waals surface area contributed by atoms with E-state index in [0.29, 0.717) is 34.7 Å². The molecule has 4 N–H and O–H groups in total. The molecule has 2 heterocycles. The summed E-state index contributed by atoms with van der Waals surface area (Å²) in [4.78, 5) is 33.4. The van der Waals surface area contributed by atoms with Crippen molar-refractivity contribution in [2.45, 2.75) is 52.7 Å². The molecule has 0 atom stereocenters. The maximum Gasteiger partial charge on any atom is 0.412 e. The summed E-state index contributed by atoms with van der Waals surface area (Å²) in [6, 6.07) is 22.1. The van der Waals surface area contributed by atoms with Crippen LogP contribution in [0.1, 0.15) is 41.5 Å². The van der Waals surface area contributed by atoms with E-state index in [4.69, 9.17) is 9.47 Å². The Morgan fingerprint density at radius 2 is 0.977 bits per heavy atom. The summed E-state index contributed by atoms with van der Waals surface area (Å²) >= 11 is 0. The van der Waals surface area contributed by atoms with E-state index in [0.717, 1.165) is 22.3 Å². The lowest BCUT2D eigenvalue weighted by Gasteiger charge is -2.19. The highest BCUT2D eigenvalue weighted by molar-refractivity contribution is 5.86. The van der Waals surface area contributed by atoms with E-state index < -0.39 is 23.4 Å². The number of aromatic amines is 2. The van der Waals surface area contributed by atoms with Crippen LogP contribution in [-0.2, 0) is 9.47 Å². The highest BCUT2D eigenvalue weighted by atomic mass is 16.6. The minimum Gasteiger partial charge on any atom is -0.444 e. The van der Waals surface area contributed by atoms with Crippen molar-refractivity contribution in [3.63, 3.8) is 0 Å². The third-order valence-corrected chi connectivity index (χ3v) is 5.96. The van der Waals surface area contributed by atoms with Crippen molar-refractivity contribution >= 4 is 23.6 Å². The molecule has 2 aromatic heterocycles. The molecule has 5 aromatic rings. The molecule has 0 unspecified atom stereocenters. The van der Waals surface area contributed by atoms with Gasteiger partial charge in [-0.05, 0) is 96.1 Å². The molecule has 12 nitrogen and oxygen atoms in total. The minimum atomic E-state index is -0.580. The van der Waals surface area contributed by atoms with Crippen LogP contribution in [0.25, 0.3) is 45.6 Å². The van der Waals surface area contributed by atoms with Gasteiger partial charge in [0.05, 0.1) is 0 Å². The van der Waals surface area contributed by atoms with Gasteiger partial charge in [-0.25, -0.2) is 19.6 Å². The predicted octanol–water partition coefficient (Wildman–Crippen LogP) is 7.28. The molecule has 5 rings (SSSR count). The standard InChI is InChI=1S/C32H34N8O4/c1-31(2,3)43-29(41)33-23-14-10-19(11-15-23)25-35-27(39-37-25)21-8-7-9-22(18-21)28-36-26(38-40-28)20-12-16-24(17-13-20)34-30(42)44-32(4,5)6/h7-18H,1-6H3,(H,33,41)(H,34,42)(H,35,37,39)(H,36,38,40). The van der Waals surface area contributed by atoms with E-state index in [1.54, 1.807) is 24.3 Å². The number of ether oxygens (including phenoxy) is 2. The monoisotopic (exact) mass is 594 g/mol. The first-order valence-electron chi connectivity index (χ1n) is 14.0. The largest absolute Gasteiger partial charge is 0.444 e. The minimum absolute atomic E-state index is 0.515. The number of rotatable bonds is 6. The lowest BCUT2D eigenvalue weighted by atomic mass is 10.1. The number of carbonyl (C=O) groups is 2. The van der Waals surface area contributed by atoms with Crippen molar-refractivity contribution in [2.75, 3.05) is 10.6 Å². The van der Waals surface area contributed by atoms with Crippen molar-refractivity contribution in [3.05, 3.63) is 72.8 Å². The maximum absolute atomic E-state index is 12.0. The lowest BCUT2D eigenvalue weighted by Crippen LogP contribution is -2.27. The van der Waals surface area contributed by atoms with Crippen LogP contribution in [0, 0.1) is 0 Å². The zero-order chi connectivity index (χ0) is 31.5. The Morgan fingerprint density at radius 3 is 1.34 bits per heavy atom. The summed E-state index contributed by atoms with van der Waals surface area (Å²) in [6.45, 7) is 10.9. The average Bonchev–Trinajstić information content (AvgIpc) is 3.63. The molecular formula is C32H34N8O4. The van der Waals surface area contributed by atoms with E-state index in [1.807, 2.05) is 90.1 Å². The van der Waals surface area contributed by atoms with Gasteiger partial charge in [0, 0.05) is 33.6 Å². The molecule has 0 aliphatic heterocycles. The third-order valence-electron chi connectivity index (χ3n) is 5.96. The first kappa shape index (κ1) is 30.0. The molecular weight excluding hydrogens is 560 g/mol. The Bertz CT molecular complexity index is 1630. The van der Waals surface area contributed by atoms with Crippen molar-refractivity contribution < 1.29 is 19.1 Å². The van der Waals surface area contributed by atoms with Gasteiger partial charge in [0.2, 0.25) is 0 Å². The van der Waals surface area contributed by atoms with Crippen LogP contribution in [0.4, 0.5) is 21.0 Å². The van der Waals surface area contributed by atoms with Gasteiger partial charge in [0.25, 0.3) is 0 Å². The molecule has 0 aliphatic rings. The van der Waals surface area contributed by atoms with Crippen molar-refractivity contribution in [1.82, 2.24) is 30.4 Å². The van der Waals surface area contributed by atoms with Gasteiger partial charge >= 0.3 is 12.2 Å². The van der Waals surface area contributed by atoms with Crippen LogP contribution in [0.5, 0.6) is 0 Å². The molecule has 12 heteroatoms. The van der Waals surface area contributed by atoms with E-state index in [9.17, 15) is 9.59 Å². The summed E-state index contributed by atoms with van der Waals surface area (Å²) in [6.07, 6.45) is -1.03. The Kier molecular flexibility index (Phi) is 8.17. The van der Waals surface area contributed by atoms with E-state index >= 15 is 0 Å². The molecule has 0 fully saturated rings. The number of hydrogen-bond donors (Lipinski definition) is 4. The molecule has 0 saturated heterocycles. The van der Waals surface area contributed by atoms with E-state index in [1.165, 1.54) is 0 Å². The topological polar surface area (TPSA) is 160 Å². The number of aromatic nitrogens is 6. The van der Waals surface area contributed by atoms with Crippen LogP contribution < -0.4 is 10.6 Å². The molecule has 3 aromatic carbocycles. The second kappa shape index (κ2) is 12.0. The molecule has 0 saturated carbocycles. The molecule has 2 amide bonds. The Balaban J connectivity index is 1.25. The average molecular weight is 595 g/mol. The summed E-state index contributed by atoms with van der Waals surface area (Å²) in [5, 5.41) is 20.2. The van der Waals surface area contributed by atoms with Gasteiger partial charge in [0.15, 0.2) is 23.3 Å². The van der Waals surface area contributed by atoms with Gasteiger partial charge in [-0.1, -0.05) is 18.2 Å². The zero-order valence-electron chi connectivity index (χ0n) is 25.4. The van der Waals surface area contributed by atoms with Gasteiger partial charge in [-0.2, -0.15) is 10.2 Å². The summed E-state index contributed by atoms with van der Waals surface area (Å²) in [7, 11) is 0. The van der Waals surface area contributed by atoms with E-state index in [2.05, 4.69) is 41.0 Å². The van der Waals surface area contributed by atoms with Gasteiger partial charge in [-0.3, -0.25) is 20.8 Å². The zero-order valence-corrected chi connectivity index (χ0v) is 25.4. The fourth-order valence-electron chi connectivity index (χ4n) is 4.10. The Labute approximate surface area is 254 Å². The van der Waals surface area contributed by atoms with Crippen molar-refractivity contribution in [3.8, 4) is 45.6 Å². The van der Waals surface area contributed by atoms with Crippen LogP contribution in [0.3, 0.4) is 0 Å². The number of H-pyrrole nitrogens is 2. The fourth-order valence-corrected chi connectivity index (χ4v) is 4.10. The molecule has 0 radical (unpaired) electrons. The van der Waals surface area contributed by atoms with Crippen LogP contribution in [0.15, 0.2) is 72.8 Å². The molecule has 0 spiro atoms. The molecule has 226 valence electrons. The lowest BCUT2D eigenvalue weighted by molar-refractivity contribution is 0.0624. The molecule has 0 aliphatic carbocycles. The van der Waals surface area contributed by atoms with Crippen LogP contribution >= 0.6 is 0 Å². The predicted molar refractivity (Wildman–Crippen MR) is 168 cm³/mol. The first-order chi connectivity index (χ1) is 20.8.